The van der Waals surface area contributed by atoms with E-state index in [1.165, 1.54) is 24.4 Å². The van der Waals surface area contributed by atoms with Gasteiger partial charge in [-0.2, -0.15) is 5.10 Å². The predicted octanol–water partition coefficient (Wildman–Crippen LogP) is 4.41. The fourth-order valence-electron chi connectivity index (χ4n) is 3.24. The minimum Gasteiger partial charge on any atom is -0.358 e. The van der Waals surface area contributed by atoms with Crippen molar-refractivity contribution in [3.05, 3.63) is 106 Å². The summed E-state index contributed by atoms with van der Waals surface area (Å²) in [5, 5.41) is 4.31. The van der Waals surface area contributed by atoms with E-state index in [1.807, 2.05) is 12.1 Å². The molecule has 8 heteroatoms. The maximum Gasteiger partial charge on any atom is 0.199 e. The van der Waals surface area contributed by atoms with Crippen LogP contribution in [0.4, 0.5) is 4.39 Å². The third-order valence-electron chi connectivity index (χ3n) is 4.90. The molecule has 1 N–H and O–H groups in total. The SMILES string of the molecule is Cc1ccc(Cl)c(C(=O)c2c[nH]c(C(=O)Cc3cnn(Cc4ccncc4)c3)c2)c1F. The van der Waals surface area contributed by atoms with E-state index in [0.717, 1.165) is 11.1 Å². The second kappa shape index (κ2) is 8.65. The first-order valence-electron chi connectivity index (χ1n) is 9.53. The number of H-pyrrole nitrogens is 1. The number of Topliss-reactive ketones (excluding diaryl/α,β-unsaturated/α-hetero) is 1. The van der Waals surface area contributed by atoms with Crippen molar-refractivity contribution in [1.29, 1.82) is 0 Å². The number of carbonyl (C=O) groups is 2. The topological polar surface area (TPSA) is 80.6 Å². The summed E-state index contributed by atoms with van der Waals surface area (Å²) < 4.78 is 16.2. The van der Waals surface area contributed by atoms with Crippen molar-refractivity contribution >= 4 is 23.2 Å². The highest BCUT2D eigenvalue weighted by molar-refractivity contribution is 6.35. The van der Waals surface area contributed by atoms with Crippen molar-refractivity contribution < 1.29 is 14.0 Å². The van der Waals surface area contributed by atoms with Gasteiger partial charge in [0.25, 0.3) is 0 Å². The van der Waals surface area contributed by atoms with E-state index in [1.54, 1.807) is 36.4 Å². The zero-order valence-corrected chi connectivity index (χ0v) is 17.4. The summed E-state index contributed by atoms with van der Waals surface area (Å²) >= 11 is 6.03. The van der Waals surface area contributed by atoms with Crippen molar-refractivity contribution in [2.75, 3.05) is 0 Å². The average molecular weight is 437 g/mol. The number of ketones is 2. The number of nitrogens with zero attached hydrogens (tertiary/aromatic N) is 3. The molecule has 1 aromatic carbocycles. The summed E-state index contributed by atoms with van der Waals surface area (Å²) in [7, 11) is 0. The van der Waals surface area contributed by atoms with Gasteiger partial charge in [-0.1, -0.05) is 17.7 Å². The second-order valence-corrected chi connectivity index (χ2v) is 7.59. The maximum atomic E-state index is 14.4. The van der Waals surface area contributed by atoms with Gasteiger partial charge in [-0.15, -0.1) is 0 Å². The Hall–Kier alpha value is -3.58. The molecular formula is C23H18ClFN4O2. The Bertz CT molecular complexity index is 1260. The molecule has 0 fully saturated rings. The summed E-state index contributed by atoms with van der Waals surface area (Å²) in [4.78, 5) is 32.2. The van der Waals surface area contributed by atoms with Gasteiger partial charge in [0.2, 0.25) is 0 Å². The Kier molecular flexibility index (Phi) is 5.77. The molecule has 3 heterocycles. The minimum absolute atomic E-state index is 0.0313. The highest BCUT2D eigenvalue weighted by Gasteiger charge is 2.21. The van der Waals surface area contributed by atoms with Gasteiger partial charge in [0.15, 0.2) is 11.6 Å². The number of aromatic nitrogens is 4. The molecule has 0 unspecified atom stereocenters. The molecule has 6 nitrogen and oxygen atoms in total. The molecule has 0 spiro atoms. The molecule has 156 valence electrons. The molecule has 0 saturated carbocycles. The number of benzene rings is 1. The number of rotatable bonds is 7. The standard InChI is InChI=1S/C23H18ClFN4O2/c1-14-2-3-18(24)21(22(14)25)23(31)17-9-19(27-11-17)20(30)8-16-10-28-29(13-16)12-15-4-6-26-7-5-15/h2-7,9-11,13,27H,8,12H2,1H3. The van der Waals surface area contributed by atoms with Crippen LogP contribution >= 0.6 is 11.6 Å². The summed E-state index contributed by atoms with van der Waals surface area (Å²) in [6.07, 6.45) is 8.36. The lowest BCUT2D eigenvalue weighted by Crippen LogP contribution is -2.06. The summed E-state index contributed by atoms with van der Waals surface area (Å²) in [5.74, 6) is -1.45. The van der Waals surface area contributed by atoms with Crippen molar-refractivity contribution in [1.82, 2.24) is 19.7 Å². The second-order valence-electron chi connectivity index (χ2n) is 7.19. The quantitative estimate of drug-likeness (QED) is 0.435. The summed E-state index contributed by atoms with van der Waals surface area (Å²) in [6.45, 7) is 2.13. The van der Waals surface area contributed by atoms with Crippen LogP contribution in [0.1, 0.15) is 43.1 Å². The normalized spacial score (nSPS) is 10.9. The van der Waals surface area contributed by atoms with Gasteiger partial charge in [0.1, 0.15) is 5.82 Å². The molecule has 0 bridgehead atoms. The summed E-state index contributed by atoms with van der Waals surface area (Å²) in [6, 6.07) is 8.20. The smallest absolute Gasteiger partial charge is 0.199 e. The van der Waals surface area contributed by atoms with Crippen LogP contribution in [0.25, 0.3) is 0 Å². The lowest BCUT2D eigenvalue weighted by Gasteiger charge is -2.06. The number of carbonyl (C=O) groups excluding carboxylic acids is 2. The molecule has 4 rings (SSSR count). The van der Waals surface area contributed by atoms with Crippen LogP contribution in [0.2, 0.25) is 5.02 Å². The van der Waals surface area contributed by atoms with Gasteiger partial charge in [0.05, 0.1) is 29.0 Å². The van der Waals surface area contributed by atoms with Crippen LogP contribution in [0, 0.1) is 12.7 Å². The van der Waals surface area contributed by atoms with Crippen LogP contribution in [0.3, 0.4) is 0 Å². The van der Waals surface area contributed by atoms with Crippen LogP contribution < -0.4 is 0 Å². The first kappa shape index (κ1) is 20.7. The van der Waals surface area contributed by atoms with Crippen LogP contribution in [-0.4, -0.2) is 31.3 Å². The van der Waals surface area contributed by atoms with Crippen molar-refractivity contribution in [2.45, 2.75) is 19.9 Å². The van der Waals surface area contributed by atoms with Crippen LogP contribution in [0.5, 0.6) is 0 Å². The van der Waals surface area contributed by atoms with E-state index >= 15 is 0 Å². The Morgan fingerprint density at radius 3 is 2.71 bits per heavy atom. The van der Waals surface area contributed by atoms with E-state index in [0.29, 0.717) is 12.1 Å². The highest BCUT2D eigenvalue weighted by atomic mass is 35.5. The maximum absolute atomic E-state index is 14.4. The molecule has 0 radical (unpaired) electrons. The lowest BCUT2D eigenvalue weighted by molar-refractivity contribution is 0.0988. The fraction of sp³-hybridized carbons (Fsp3) is 0.130. The van der Waals surface area contributed by atoms with E-state index < -0.39 is 11.6 Å². The zero-order valence-electron chi connectivity index (χ0n) is 16.6. The Morgan fingerprint density at radius 1 is 1.16 bits per heavy atom. The number of halogens is 2. The van der Waals surface area contributed by atoms with Gasteiger partial charge in [-0.3, -0.25) is 19.3 Å². The number of aryl methyl sites for hydroxylation is 1. The lowest BCUT2D eigenvalue weighted by atomic mass is 10.0. The molecular weight excluding hydrogens is 419 g/mol. The van der Waals surface area contributed by atoms with Crippen LogP contribution in [0.15, 0.2) is 61.3 Å². The van der Waals surface area contributed by atoms with E-state index in [9.17, 15) is 14.0 Å². The third-order valence-corrected chi connectivity index (χ3v) is 5.22. The molecule has 31 heavy (non-hydrogen) atoms. The van der Waals surface area contributed by atoms with Crippen molar-refractivity contribution in [3.63, 3.8) is 0 Å². The molecule has 0 aliphatic carbocycles. The molecule has 0 saturated heterocycles. The largest absolute Gasteiger partial charge is 0.358 e. The van der Waals surface area contributed by atoms with E-state index in [-0.39, 0.29) is 34.0 Å². The Morgan fingerprint density at radius 2 is 1.94 bits per heavy atom. The number of aromatic amines is 1. The predicted molar refractivity (Wildman–Crippen MR) is 114 cm³/mol. The molecule has 0 aliphatic rings. The first-order valence-corrected chi connectivity index (χ1v) is 9.91. The van der Waals surface area contributed by atoms with Gasteiger partial charge in [0, 0.05) is 36.8 Å². The molecule has 0 atom stereocenters. The van der Waals surface area contributed by atoms with Gasteiger partial charge >= 0.3 is 0 Å². The first-order chi connectivity index (χ1) is 14.9. The van der Waals surface area contributed by atoms with E-state index in [4.69, 9.17) is 11.6 Å². The number of hydrogen-bond acceptors (Lipinski definition) is 4. The average Bonchev–Trinajstić information content (AvgIpc) is 3.42. The molecule has 3 aromatic heterocycles. The van der Waals surface area contributed by atoms with E-state index in [2.05, 4.69) is 15.1 Å². The van der Waals surface area contributed by atoms with Gasteiger partial charge in [-0.05, 0) is 47.9 Å². The van der Waals surface area contributed by atoms with Gasteiger partial charge in [-0.25, -0.2) is 4.39 Å². The fourth-order valence-corrected chi connectivity index (χ4v) is 3.47. The summed E-state index contributed by atoms with van der Waals surface area (Å²) in [5.41, 5.74) is 2.35. The Labute approximate surface area is 182 Å². The minimum atomic E-state index is -0.659. The van der Waals surface area contributed by atoms with Crippen molar-refractivity contribution in [2.24, 2.45) is 0 Å². The molecule has 4 aromatic rings. The zero-order chi connectivity index (χ0) is 22.0. The highest BCUT2D eigenvalue weighted by Crippen LogP contribution is 2.25. The van der Waals surface area contributed by atoms with Gasteiger partial charge < -0.3 is 4.98 Å². The monoisotopic (exact) mass is 436 g/mol. The number of nitrogens with one attached hydrogen (secondary N) is 1. The van der Waals surface area contributed by atoms with Crippen molar-refractivity contribution in [3.8, 4) is 0 Å². The molecule has 0 aliphatic heterocycles. The third kappa shape index (κ3) is 4.46. The van der Waals surface area contributed by atoms with Crippen LogP contribution in [-0.2, 0) is 13.0 Å². The number of hydrogen-bond donors (Lipinski definition) is 1. The number of pyridine rings is 1. The molecule has 0 amide bonds. The Balaban J connectivity index is 1.47.